The van der Waals surface area contributed by atoms with Gasteiger partial charge in [0, 0.05) is 32.4 Å². The Bertz CT molecular complexity index is 685. The molecule has 0 aliphatic heterocycles. The van der Waals surface area contributed by atoms with E-state index in [4.69, 9.17) is 5.73 Å². The van der Waals surface area contributed by atoms with Crippen LogP contribution >= 0.6 is 0 Å². The molecule has 1 atom stereocenters. The number of rotatable bonds is 12. The standard InChI is InChI=1S/C22H40N4O2S/c1-19(24-29(27,28)22-12-10-21(11-13-22)25(2)3)14-17-26(16-7-15-23)18-20-8-5-4-6-9-20/h10-13,19-20,24H,4-9,14-18,23H2,1-3H3. The second-order valence-corrected chi connectivity index (χ2v) is 10.4. The molecule has 0 heterocycles. The lowest BCUT2D eigenvalue weighted by molar-refractivity contribution is 0.194. The van der Waals surface area contributed by atoms with Crippen molar-refractivity contribution in [1.29, 1.82) is 0 Å². The van der Waals surface area contributed by atoms with Gasteiger partial charge in [0.25, 0.3) is 0 Å². The molecule has 1 fully saturated rings. The van der Waals surface area contributed by atoms with E-state index in [2.05, 4.69) is 9.62 Å². The minimum Gasteiger partial charge on any atom is -0.378 e. The average Bonchev–Trinajstić information content (AvgIpc) is 2.70. The van der Waals surface area contributed by atoms with Crippen molar-refractivity contribution in [2.24, 2.45) is 11.7 Å². The first-order valence-electron chi connectivity index (χ1n) is 11.0. The van der Waals surface area contributed by atoms with Crippen molar-refractivity contribution >= 4 is 15.7 Å². The summed E-state index contributed by atoms with van der Waals surface area (Å²) in [5.41, 5.74) is 6.70. The van der Waals surface area contributed by atoms with Crippen LogP contribution in [0.15, 0.2) is 29.2 Å². The smallest absolute Gasteiger partial charge is 0.240 e. The van der Waals surface area contributed by atoms with Crippen LogP contribution in [0.25, 0.3) is 0 Å². The molecule has 0 saturated heterocycles. The predicted octanol–water partition coefficient (Wildman–Crippen LogP) is 3.04. The van der Waals surface area contributed by atoms with Crippen molar-refractivity contribution in [3.63, 3.8) is 0 Å². The third-order valence-electron chi connectivity index (χ3n) is 5.82. The fraction of sp³-hybridized carbons (Fsp3) is 0.727. The van der Waals surface area contributed by atoms with E-state index in [1.165, 1.54) is 32.1 Å². The lowest BCUT2D eigenvalue weighted by atomic mass is 9.89. The van der Waals surface area contributed by atoms with Gasteiger partial charge in [-0.15, -0.1) is 0 Å². The normalized spacial score (nSPS) is 16.9. The summed E-state index contributed by atoms with van der Waals surface area (Å²) in [4.78, 5) is 4.76. The zero-order valence-corrected chi connectivity index (χ0v) is 19.3. The maximum Gasteiger partial charge on any atom is 0.240 e. The number of benzene rings is 1. The van der Waals surface area contributed by atoms with Crippen molar-refractivity contribution in [2.45, 2.75) is 62.8 Å². The Kier molecular flexibility index (Phi) is 9.89. The summed E-state index contributed by atoms with van der Waals surface area (Å²) in [5.74, 6) is 0.781. The lowest BCUT2D eigenvalue weighted by Gasteiger charge is -2.30. The molecule has 1 aromatic rings. The number of nitrogens with one attached hydrogen (secondary N) is 1. The van der Waals surface area contributed by atoms with Crippen LogP contribution in [-0.4, -0.2) is 59.6 Å². The molecular formula is C22H40N4O2S. The van der Waals surface area contributed by atoms with E-state index in [0.29, 0.717) is 11.4 Å². The maximum absolute atomic E-state index is 12.7. The van der Waals surface area contributed by atoms with Crippen LogP contribution in [0.2, 0.25) is 0 Å². The summed E-state index contributed by atoms with van der Waals surface area (Å²) in [7, 11) is 0.375. The van der Waals surface area contributed by atoms with Gasteiger partial charge in [-0.05, 0) is 82.4 Å². The van der Waals surface area contributed by atoms with Crippen LogP contribution in [0.3, 0.4) is 0 Å². The summed E-state index contributed by atoms with van der Waals surface area (Å²) in [6.07, 6.45) is 8.50. The molecule has 1 aliphatic rings. The Balaban J connectivity index is 1.88. The Labute approximate surface area is 177 Å². The molecule has 0 radical (unpaired) electrons. The average molecular weight is 425 g/mol. The molecule has 1 aromatic carbocycles. The molecule has 3 N–H and O–H groups in total. The van der Waals surface area contributed by atoms with E-state index in [-0.39, 0.29) is 6.04 Å². The molecule has 0 spiro atoms. The fourth-order valence-electron chi connectivity index (χ4n) is 4.04. The first-order chi connectivity index (χ1) is 13.8. The molecule has 166 valence electrons. The summed E-state index contributed by atoms with van der Waals surface area (Å²) < 4.78 is 28.2. The van der Waals surface area contributed by atoms with Gasteiger partial charge in [0.2, 0.25) is 10.0 Å². The molecule has 1 aliphatic carbocycles. The van der Waals surface area contributed by atoms with Crippen molar-refractivity contribution in [3.05, 3.63) is 24.3 Å². The molecule has 0 aromatic heterocycles. The minimum atomic E-state index is -3.50. The minimum absolute atomic E-state index is 0.111. The van der Waals surface area contributed by atoms with Crippen molar-refractivity contribution in [3.8, 4) is 0 Å². The highest BCUT2D eigenvalue weighted by atomic mass is 32.2. The molecule has 0 amide bonds. The summed E-state index contributed by atoms with van der Waals surface area (Å²) in [6, 6.07) is 6.89. The van der Waals surface area contributed by atoms with Crippen LogP contribution < -0.4 is 15.4 Å². The summed E-state index contributed by atoms with van der Waals surface area (Å²) in [6.45, 7) is 5.67. The van der Waals surface area contributed by atoms with Gasteiger partial charge in [0.15, 0.2) is 0 Å². The van der Waals surface area contributed by atoms with Gasteiger partial charge in [-0.1, -0.05) is 19.3 Å². The Hall–Kier alpha value is -1.15. The van der Waals surface area contributed by atoms with Crippen LogP contribution in [0.5, 0.6) is 0 Å². The van der Waals surface area contributed by atoms with Gasteiger partial charge in [-0.2, -0.15) is 0 Å². The first kappa shape index (κ1) is 24.1. The third kappa shape index (κ3) is 8.24. The molecule has 0 bridgehead atoms. The Morgan fingerprint density at radius 1 is 1.10 bits per heavy atom. The number of sulfonamides is 1. The highest BCUT2D eigenvalue weighted by molar-refractivity contribution is 7.89. The topological polar surface area (TPSA) is 78.7 Å². The van der Waals surface area contributed by atoms with Crippen molar-refractivity contribution in [2.75, 3.05) is 45.2 Å². The number of nitrogens with zero attached hydrogens (tertiary/aromatic N) is 2. The van der Waals surface area contributed by atoms with Gasteiger partial charge < -0.3 is 15.5 Å². The molecule has 6 nitrogen and oxygen atoms in total. The summed E-state index contributed by atoms with van der Waals surface area (Å²) >= 11 is 0. The highest BCUT2D eigenvalue weighted by Crippen LogP contribution is 2.24. The summed E-state index contributed by atoms with van der Waals surface area (Å²) in [5, 5.41) is 0. The van der Waals surface area contributed by atoms with E-state index in [0.717, 1.165) is 44.1 Å². The van der Waals surface area contributed by atoms with Gasteiger partial charge >= 0.3 is 0 Å². The fourth-order valence-corrected chi connectivity index (χ4v) is 5.31. The van der Waals surface area contributed by atoms with Gasteiger partial charge in [-0.25, -0.2) is 13.1 Å². The van der Waals surface area contributed by atoms with E-state index in [1.807, 2.05) is 38.1 Å². The molecule has 2 rings (SSSR count). The number of anilines is 1. The number of hydrogen-bond donors (Lipinski definition) is 2. The molecule has 7 heteroatoms. The van der Waals surface area contributed by atoms with Crippen LogP contribution in [0, 0.1) is 5.92 Å². The van der Waals surface area contributed by atoms with E-state index in [1.54, 1.807) is 12.1 Å². The first-order valence-corrected chi connectivity index (χ1v) is 12.5. The monoisotopic (exact) mass is 424 g/mol. The molecule has 1 unspecified atom stereocenters. The molecular weight excluding hydrogens is 384 g/mol. The van der Waals surface area contributed by atoms with Gasteiger partial charge in [0.05, 0.1) is 4.90 Å². The predicted molar refractivity (Wildman–Crippen MR) is 122 cm³/mol. The number of nitrogens with two attached hydrogens (primary N) is 1. The Morgan fingerprint density at radius 2 is 1.76 bits per heavy atom. The third-order valence-corrected chi connectivity index (χ3v) is 7.42. The number of hydrogen-bond acceptors (Lipinski definition) is 5. The van der Waals surface area contributed by atoms with Crippen molar-refractivity contribution < 1.29 is 8.42 Å². The second-order valence-electron chi connectivity index (χ2n) is 8.65. The quantitative estimate of drug-likeness (QED) is 0.539. The van der Waals surface area contributed by atoms with E-state index in [9.17, 15) is 8.42 Å². The van der Waals surface area contributed by atoms with Gasteiger partial charge in [0.1, 0.15) is 0 Å². The second kappa shape index (κ2) is 11.9. The highest BCUT2D eigenvalue weighted by Gasteiger charge is 2.20. The molecule has 29 heavy (non-hydrogen) atoms. The zero-order chi connectivity index (χ0) is 21.3. The van der Waals surface area contributed by atoms with Crippen LogP contribution in [0.4, 0.5) is 5.69 Å². The lowest BCUT2D eigenvalue weighted by Crippen LogP contribution is -2.38. The molecule has 1 saturated carbocycles. The van der Waals surface area contributed by atoms with Crippen molar-refractivity contribution in [1.82, 2.24) is 9.62 Å². The maximum atomic E-state index is 12.7. The largest absolute Gasteiger partial charge is 0.378 e. The van der Waals surface area contributed by atoms with Crippen LogP contribution in [0.1, 0.15) is 51.9 Å². The van der Waals surface area contributed by atoms with Gasteiger partial charge in [-0.3, -0.25) is 0 Å². The SMILES string of the molecule is CC(CCN(CCCN)CC1CCCCC1)NS(=O)(=O)c1ccc(N(C)C)cc1. The van der Waals surface area contributed by atoms with E-state index < -0.39 is 10.0 Å². The van der Waals surface area contributed by atoms with E-state index >= 15 is 0 Å². The zero-order valence-electron chi connectivity index (χ0n) is 18.4. The van der Waals surface area contributed by atoms with Crippen LogP contribution in [-0.2, 0) is 10.0 Å². The Morgan fingerprint density at radius 3 is 2.34 bits per heavy atom.